The summed E-state index contributed by atoms with van der Waals surface area (Å²) in [5, 5.41) is 10.9. The number of hydrogen-bond donors (Lipinski definition) is 2. The minimum atomic E-state index is 0.756. The first-order valence-corrected chi connectivity index (χ1v) is 7.05. The van der Waals surface area contributed by atoms with Gasteiger partial charge in [0.15, 0.2) is 0 Å². The number of nitrogens with one attached hydrogen (secondary N) is 2. The molecule has 2 N–H and O–H groups in total. The average Bonchev–Trinajstić information content (AvgIpc) is 2.89. The molecule has 0 amide bonds. The maximum absolute atomic E-state index is 10.6. The number of anilines is 1. The van der Waals surface area contributed by atoms with E-state index in [1.54, 1.807) is 6.08 Å². The maximum atomic E-state index is 10.6. The molecule has 0 bridgehead atoms. The molecule has 1 heterocycles. The largest absolute Gasteiger partial charge is 0.393 e. The number of para-hydroxylation sites is 1. The lowest BCUT2D eigenvalue weighted by atomic mass is 10.1. The van der Waals surface area contributed by atoms with E-state index in [2.05, 4.69) is 10.6 Å². The summed E-state index contributed by atoms with van der Waals surface area (Å²) in [7, 11) is 3.69. The highest BCUT2D eigenvalue weighted by Gasteiger charge is 2.16. The zero-order valence-electron chi connectivity index (χ0n) is 13.0. The molecule has 2 rings (SSSR count). The van der Waals surface area contributed by atoms with Gasteiger partial charge in [-0.3, -0.25) is 4.79 Å². The zero-order chi connectivity index (χ0) is 15.9. The van der Waals surface area contributed by atoms with E-state index in [9.17, 15) is 4.79 Å². The van der Waals surface area contributed by atoms with Crippen molar-refractivity contribution in [2.45, 2.75) is 6.92 Å². The zero-order valence-corrected chi connectivity index (χ0v) is 13.0. The van der Waals surface area contributed by atoms with Gasteiger partial charge in [-0.15, -0.1) is 0 Å². The minimum Gasteiger partial charge on any atom is -0.393 e. The van der Waals surface area contributed by atoms with Crippen molar-refractivity contribution in [1.82, 2.24) is 15.1 Å². The Morgan fingerprint density at radius 2 is 1.95 bits per heavy atom. The van der Waals surface area contributed by atoms with Gasteiger partial charge < -0.3 is 10.6 Å². The molecule has 0 fully saturated rings. The molecule has 1 aromatic heterocycles. The van der Waals surface area contributed by atoms with Crippen LogP contribution in [0.25, 0.3) is 11.3 Å². The number of benzene rings is 1. The fraction of sp³-hybridized carbons (Fsp3) is 0.176. The summed E-state index contributed by atoms with van der Waals surface area (Å²) >= 11 is 0. The molecular formula is C17H20N4O. The standard InChI is InChI=1S/C17H20N4O/c1-13-16(14(12-18-2)8-7-11-22)20-21(17(13)19-3)15-9-5-4-6-10-15/h4-12,18-19H,1-3H3/b8-7-,14-12?. The summed E-state index contributed by atoms with van der Waals surface area (Å²) in [6.07, 6.45) is 5.78. The lowest BCUT2D eigenvalue weighted by Gasteiger charge is -2.06. The van der Waals surface area contributed by atoms with Crippen molar-refractivity contribution in [2.24, 2.45) is 0 Å². The van der Waals surface area contributed by atoms with E-state index in [1.165, 1.54) is 6.08 Å². The molecule has 0 aliphatic heterocycles. The van der Waals surface area contributed by atoms with Crippen LogP contribution in [0.2, 0.25) is 0 Å². The first-order chi connectivity index (χ1) is 10.7. The van der Waals surface area contributed by atoms with Gasteiger partial charge in [0, 0.05) is 31.4 Å². The van der Waals surface area contributed by atoms with Gasteiger partial charge in [-0.1, -0.05) is 18.2 Å². The van der Waals surface area contributed by atoms with Crippen LogP contribution in [0.5, 0.6) is 0 Å². The molecule has 0 saturated carbocycles. The van der Waals surface area contributed by atoms with Gasteiger partial charge in [0.25, 0.3) is 0 Å². The Hall–Kier alpha value is -2.82. The van der Waals surface area contributed by atoms with Crippen LogP contribution in [0, 0.1) is 6.92 Å². The second-order valence-electron chi connectivity index (χ2n) is 4.70. The van der Waals surface area contributed by atoms with E-state index in [-0.39, 0.29) is 0 Å². The third kappa shape index (κ3) is 3.09. The van der Waals surface area contributed by atoms with Crippen LogP contribution in [0.3, 0.4) is 0 Å². The van der Waals surface area contributed by atoms with Crippen molar-refractivity contribution in [1.29, 1.82) is 0 Å². The van der Waals surface area contributed by atoms with Crippen molar-refractivity contribution in [2.75, 3.05) is 19.4 Å². The number of nitrogens with zero attached hydrogens (tertiary/aromatic N) is 2. The van der Waals surface area contributed by atoms with Crippen LogP contribution in [-0.4, -0.2) is 30.2 Å². The Morgan fingerprint density at radius 1 is 1.23 bits per heavy atom. The van der Waals surface area contributed by atoms with E-state index < -0.39 is 0 Å². The molecule has 5 heteroatoms. The fourth-order valence-corrected chi connectivity index (χ4v) is 2.31. The molecule has 1 aromatic carbocycles. The second kappa shape index (κ2) is 7.26. The van der Waals surface area contributed by atoms with E-state index in [0.29, 0.717) is 0 Å². The molecule has 0 aliphatic carbocycles. The predicted molar refractivity (Wildman–Crippen MR) is 90.1 cm³/mol. The van der Waals surface area contributed by atoms with Crippen molar-refractivity contribution in [3.05, 3.63) is 59.9 Å². The highest BCUT2D eigenvalue weighted by atomic mass is 16.1. The van der Waals surface area contributed by atoms with Crippen LogP contribution < -0.4 is 10.6 Å². The molecule has 0 aliphatic rings. The number of aromatic nitrogens is 2. The molecule has 0 atom stereocenters. The molecule has 0 radical (unpaired) electrons. The minimum absolute atomic E-state index is 0.756. The number of aldehydes is 1. The highest BCUT2D eigenvalue weighted by molar-refractivity contribution is 5.80. The normalized spacial score (nSPS) is 11.7. The SMILES string of the molecule is CNC=C(/C=C\C=O)c1nn(-c2ccccc2)c(NC)c1C. The van der Waals surface area contributed by atoms with Crippen molar-refractivity contribution < 1.29 is 4.79 Å². The summed E-state index contributed by atoms with van der Waals surface area (Å²) in [6, 6.07) is 9.92. The summed E-state index contributed by atoms with van der Waals surface area (Å²) in [6.45, 7) is 2.01. The summed E-state index contributed by atoms with van der Waals surface area (Å²) in [5.41, 5.74) is 3.66. The predicted octanol–water partition coefficient (Wildman–Crippen LogP) is 2.54. The fourth-order valence-electron chi connectivity index (χ4n) is 2.31. The monoisotopic (exact) mass is 296 g/mol. The van der Waals surface area contributed by atoms with Gasteiger partial charge in [0.2, 0.25) is 0 Å². The Labute approximate surface area is 130 Å². The Kier molecular flexibility index (Phi) is 5.14. The van der Waals surface area contributed by atoms with Crippen LogP contribution in [0.15, 0.2) is 48.7 Å². The van der Waals surface area contributed by atoms with Crippen LogP contribution in [-0.2, 0) is 4.79 Å². The van der Waals surface area contributed by atoms with Crippen LogP contribution >= 0.6 is 0 Å². The third-order valence-electron chi connectivity index (χ3n) is 3.29. The lowest BCUT2D eigenvalue weighted by Crippen LogP contribution is -2.02. The molecule has 5 nitrogen and oxygen atoms in total. The van der Waals surface area contributed by atoms with Gasteiger partial charge in [0.05, 0.1) is 11.4 Å². The molecular weight excluding hydrogens is 276 g/mol. The number of carbonyl (C=O) groups excluding carboxylic acids is 1. The lowest BCUT2D eigenvalue weighted by molar-refractivity contribution is -0.104. The quantitative estimate of drug-likeness (QED) is 0.488. The van der Waals surface area contributed by atoms with Crippen LogP contribution in [0.1, 0.15) is 11.3 Å². The number of carbonyl (C=O) groups is 1. The smallest absolute Gasteiger partial charge is 0.142 e. The van der Waals surface area contributed by atoms with Gasteiger partial charge >= 0.3 is 0 Å². The maximum Gasteiger partial charge on any atom is 0.142 e. The molecule has 0 saturated heterocycles. The van der Waals surface area contributed by atoms with E-state index in [0.717, 1.165) is 34.6 Å². The van der Waals surface area contributed by atoms with Gasteiger partial charge in [-0.25, -0.2) is 4.68 Å². The summed E-state index contributed by atoms with van der Waals surface area (Å²) in [4.78, 5) is 10.6. The van der Waals surface area contributed by atoms with Gasteiger partial charge in [-0.05, 0) is 31.2 Å². The Bertz CT molecular complexity index is 699. The topological polar surface area (TPSA) is 59.0 Å². The van der Waals surface area contributed by atoms with Gasteiger partial charge in [-0.2, -0.15) is 5.10 Å². The molecule has 0 spiro atoms. The summed E-state index contributed by atoms with van der Waals surface area (Å²) in [5.74, 6) is 0.919. The third-order valence-corrected chi connectivity index (χ3v) is 3.29. The highest BCUT2D eigenvalue weighted by Crippen LogP contribution is 2.27. The number of rotatable bonds is 6. The number of hydrogen-bond acceptors (Lipinski definition) is 4. The average molecular weight is 296 g/mol. The van der Waals surface area contributed by atoms with Gasteiger partial charge in [0.1, 0.15) is 12.1 Å². The van der Waals surface area contributed by atoms with Crippen molar-refractivity contribution in [3.63, 3.8) is 0 Å². The molecule has 0 unspecified atom stereocenters. The van der Waals surface area contributed by atoms with E-state index in [1.807, 2.05) is 62.2 Å². The second-order valence-corrected chi connectivity index (χ2v) is 4.70. The van der Waals surface area contributed by atoms with E-state index in [4.69, 9.17) is 5.10 Å². The van der Waals surface area contributed by atoms with Crippen molar-refractivity contribution >= 4 is 17.7 Å². The first-order valence-electron chi connectivity index (χ1n) is 7.05. The van der Waals surface area contributed by atoms with Crippen molar-refractivity contribution in [3.8, 4) is 5.69 Å². The molecule has 2 aromatic rings. The number of allylic oxidation sites excluding steroid dienone is 3. The summed E-state index contributed by atoms with van der Waals surface area (Å²) < 4.78 is 1.86. The Morgan fingerprint density at radius 3 is 2.55 bits per heavy atom. The molecule has 22 heavy (non-hydrogen) atoms. The first kappa shape index (κ1) is 15.6. The van der Waals surface area contributed by atoms with Crippen LogP contribution in [0.4, 0.5) is 5.82 Å². The Balaban J connectivity index is 2.59. The van der Waals surface area contributed by atoms with E-state index >= 15 is 0 Å². The molecule has 114 valence electrons.